The van der Waals surface area contributed by atoms with Crippen LogP contribution in [0.4, 0.5) is 0 Å². The van der Waals surface area contributed by atoms with E-state index < -0.39 is 0 Å². The summed E-state index contributed by atoms with van der Waals surface area (Å²) in [5.41, 5.74) is 2.42. The quantitative estimate of drug-likeness (QED) is 0.162. The van der Waals surface area contributed by atoms with Gasteiger partial charge in [-0.3, -0.25) is 4.79 Å². The average molecular weight is 708 g/mol. The Balaban J connectivity index is 1.22. The third kappa shape index (κ3) is 5.06. The van der Waals surface area contributed by atoms with Gasteiger partial charge in [0.05, 0.1) is 26.6 Å². The number of hydrogen-bond acceptors (Lipinski definition) is 7. The van der Waals surface area contributed by atoms with Crippen LogP contribution in [0, 0.1) is 0 Å². The summed E-state index contributed by atoms with van der Waals surface area (Å²) in [6.45, 7) is 0.483. The summed E-state index contributed by atoms with van der Waals surface area (Å²) in [6, 6.07) is 23.8. The van der Waals surface area contributed by atoms with Gasteiger partial charge in [-0.15, -0.1) is 0 Å². The first kappa shape index (κ1) is 26.8. The van der Waals surface area contributed by atoms with Gasteiger partial charge in [-0.2, -0.15) is 9.78 Å². The van der Waals surface area contributed by atoms with Gasteiger partial charge in [0, 0.05) is 9.86 Å². The number of para-hydroxylation sites is 1. The zero-order valence-corrected chi connectivity index (χ0v) is 25.4. The van der Waals surface area contributed by atoms with E-state index in [2.05, 4.69) is 37.0 Å². The van der Waals surface area contributed by atoms with Crippen LogP contribution in [0.1, 0.15) is 11.1 Å². The number of benzene rings is 4. The topological polar surface area (TPSA) is 88.1 Å². The van der Waals surface area contributed by atoms with Gasteiger partial charge in [-0.1, -0.05) is 45.7 Å². The van der Waals surface area contributed by atoms with E-state index >= 15 is 0 Å². The first-order chi connectivity index (χ1) is 20.4. The van der Waals surface area contributed by atoms with Crippen molar-refractivity contribution in [2.75, 3.05) is 6.79 Å². The van der Waals surface area contributed by atoms with Crippen molar-refractivity contribution in [2.45, 2.75) is 6.61 Å². The summed E-state index contributed by atoms with van der Waals surface area (Å²) in [4.78, 5) is 18.3. The molecule has 0 saturated carbocycles. The molecule has 0 amide bonds. The standard InChI is InChI=1S/C31H18Br2ClN3O5/c32-20-6-8-25-19(12-20)13-28(42-25)30-36-24-4-2-1-3-21(24)31(38)37(30)35-14-18-9-22(33)29(23(34)10-18)39-15-17-5-7-26-27(11-17)41-16-40-26/h1-14H,15-16H2. The van der Waals surface area contributed by atoms with Crippen LogP contribution in [0.25, 0.3) is 33.5 Å². The Morgan fingerprint density at radius 3 is 2.74 bits per heavy atom. The molecule has 0 radical (unpaired) electrons. The van der Waals surface area contributed by atoms with Crippen molar-refractivity contribution in [1.82, 2.24) is 9.66 Å². The number of ether oxygens (including phenoxy) is 3. The molecule has 0 unspecified atom stereocenters. The number of aromatic nitrogens is 2. The van der Waals surface area contributed by atoms with Gasteiger partial charge < -0.3 is 18.6 Å². The summed E-state index contributed by atoms with van der Waals surface area (Å²) >= 11 is 13.7. The smallest absolute Gasteiger partial charge is 0.282 e. The first-order valence-electron chi connectivity index (χ1n) is 12.7. The molecule has 2 aromatic heterocycles. The molecule has 0 saturated heterocycles. The van der Waals surface area contributed by atoms with Crippen molar-refractivity contribution in [3.63, 3.8) is 0 Å². The monoisotopic (exact) mass is 705 g/mol. The van der Waals surface area contributed by atoms with E-state index in [0.717, 1.165) is 15.4 Å². The van der Waals surface area contributed by atoms with Gasteiger partial charge in [0.25, 0.3) is 5.56 Å². The van der Waals surface area contributed by atoms with Crippen molar-refractivity contribution >= 4 is 71.5 Å². The third-order valence-corrected chi connectivity index (χ3v) is 7.98. The number of rotatable bonds is 6. The van der Waals surface area contributed by atoms with E-state index in [1.54, 1.807) is 30.5 Å². The van der Waals surface area contributed by atoms with Crippen LogP contribution in [-0.2, 0) is 6.61 Å². The fourth-order valence-corrected chi connectivity index (χ4v) is 5.98. The molecule has 11 heteroatoms. The minimum Gasteiger partial charge on any atom is -0.486 e. The molecule has 0 N–H and O–H groups in total. The molecule has 1 aliphatic heterocycles. The van der Waals surface area contributed by atoms with Crippen LogP contribution in [0.15, 0.2) is 102 Å². The van der Waals surface area contributed by atoms with Crippen molar-refractivity contribution in [3.8, 4) is 28.8 Å². The molecule has 0 bridgehead atoms. The molecule has 1 aliphatic rings. The highest BCUT2D eigenvalue weighted by atomic mass is 79.9. The molecule has 0 spiro atoms. The first-order valence-corrected chi connectivity index (χ1v) is 14.7. The summed E-state index contributed by atoms with van der Waals surface area (Å²) in [5, 5.41) is 6.20. The van der Waals surface area contributed by atoms with Crippen molar-refractivity contribution < 1.29 is 18.6 Å². The predicted molar refractivity (Wildman–Crippen MR) is 168 cm³/mol. The lowest BCUT2D eigenvalue weighted by molar-refractivity contribution is 0.174. The van der Waals surface area contributed by atoms with E-state index in [1.807, 2.05) is 54.6 Å². The zero-order chi connectivity index (χ0) is 28.8. The van der Waals surface area contributed by atoms with Crippen molar-refractivity contribution in [2.24, 2.45) is 5.10 Å². The van der Waals surface area contributed by atoms with Gasteiger partial charge in [-0.25, -0.2) is 4.98 Å². The predicted octanol–water partition coefficient (Wildman–Crippen LogP) is 8.18. The van der Waals surface area contributed by atoms with Crippen LogP contribution < -0.4 is 19.8 Å². The minimum atomic E-state index is -0.331. The molecule has 7 rings (SSSR count). The highest BCUT2D eigenvalue weighted by molar-refractivity contribution is 9.10. The molecule has 42 heavy (non-hydrogen) atoms. The van der Waals surface area contributed by atoms with E-state index in [-0.39, 0.29) is 24.8 Å². The Morgan fingerprint density at radius 1 is 1.00 bits per heavy atom. The molecule has 6 aromatic rings. The summed E-state index contributed by atoms with van der Waals surface area (Å²) in [7, 11) is 0. The van der Waals surface area contributed by atoms with E-state index in [4.69, 9.17) is 35.2 Å². The van der Waals surface area contributed by atoms with Crippen LogP contribution >= 0.6 is 43.5 Å². The molecule has 0 aliphatic carbocycles. The Labute approximate surface area is 260 Å². The molecule has 0 fully saturated rings. The lowest BCUT2D eigenvalue weighted by atomic mass is 10.2. The number of hydrogen-bond donors (Lipinski definition) is 0. The van der Waals surface area contributed by atoms with E-state index in [0.29, 0.717) is 54.6 Å². The molecule has 208 valence electrons. The third-order valence-electron chi connectivity index (χ3n) is 6.62. The largest absolute Gasteiger partial charge is 0.486 e. The number of halogens is 3. The van der Waals surface area contributed by atoms with Crippen LogP contribution in [0.3, 0.4) is 0 Å². The fraction of sp³-hybridized carbons (Fsp3) is 0.0645. The van der Waals surface area contributed by atoms with Gasteiger partial charge in [0.2, 0.25) is 12.6 Å². The van der Waals surface area contributed by atoms with Gasteiger partial charge in [0.1, 0.15) is 12.2 Å². The molecule has 0 atom stereocenters. The van der Waals surface area contributed by atoms with Gasteiger partial charge in [0.15, 0.2) is 23.0 Å². The Bertz CT molecular complexity index is 2080. The Hall–Kier alpha value is -4.12. The maximum atomic E-state index is 13.6. The van der Waals surface area contributed by atoms with E-state index in [9.17, 15) is 4.79 Å². The normalized spacial score (nSPS) is 12.5. The van der Waals surface area contributed by atoms with E-state index in [1.165, 1.54) is 4.68 Å². The van der Waals surface area contributed by atoms with Crippen LogP contribution in [0.2, 0.25) is 5.02 Å². The highest BCUT2D eigenvalue weighted by Crippen LogP contribution is 2.37. The number of fused-ring (bicyclic) bond motifs is 3. The van der Waals surface area contributed by atoms with Gasteiger partial charge in [-0.05, 0) is 87.7 Å². The highest BCUT2D eigenvalue weighted by Gasteiger charge is 2.18. The maximum absolute atomic E-state index is 13.6. The molecular formula is C31H18Br2ClN3O5. The number of nitrogens with zero attached hydrogens (tertiary/aromatic N) is 3. The molecular weight excluding hydrogens is 690 g/mol. The van der Waals surface area contributed by atoms with Crippen molar-refractivity contribution in [3.05, 3.63) is 114 Å². The number of furan rings is 1. The maximum Gasteiger partial charge on any atom is 0.282 e. The second-order valence-electron chi connectivity index (χ2n) is 9.40. The summed E-state index contributed by atoms with van der Waals surface area (Å²) < 4.78 is 25.7. The zero-order valence-electron chi connectivity index (χ0n) is 21.5. The SMILES string of the molecule is O=c1c2ccccc2nc(-c2cc3cc(Br)ccc3o2)n1N=Cc1cc(Cl)c(OCc2ccc3c(c2)OCO3)c(Br)c1. The fourth-order valence-electron chi connectivity index (χ4n) is 4.62. The Morgan fingerprint density at radius 2 is 1.86 bits per heavy atom. The molecule has 8 nitrogen and oxygen atoms in total. The lowest BCUT2D eigenvalue weighted by Crippen LogP contribution is -2.20. The molecule has 4 aromatic carbocycles. The molecule has 3 heterocycles. The van der Waals surface area contributed by atoms with Crippen LogP contribution in [0.5, 0.6) is 17.2 Å². The van der Waals surface area contributed by atoms with Crippen LogP contribution in [-0.4, -0.2) is 22.7 Å². The average Bonchev–Trinajstić information content (AvgIpc) is 3.62. The van der Waals surface area contributed by atoms with Gasteiger partial charge >= 0.3 is 0 Å². The lowest BCUT2D eigenvalue weighted by Gasteiger charge is -2.12. The minimum absolute atomic E-state index is 0.208. The second-order valence-corrected chi connectivity index (χ2v) is 11.6. The summed E-state index contributed by atoms with van der Waals surface area (Å²) in [6.07, 6.45) is 1.54. The Kier molecular flexibility index (Phi) is 6.97. The summed E-state index contributed by atoms with van der Waals surface area (Å²) in [5.74, 6) is 2.55. The van der Waals surface area contributed by atoms with Crippen molar-refractivity contribution in [1.29, 1.82) is 0 Å². The second kappa shape index (κ2) is 10.9.